The van der Waals surface area contributed by atoms with E-state index in [0.29, 0.717) is 4.48 Å². The van der Waals surface area contributed by atoms with Gasteiger partial charge in [-0.25, -0.2) is 13.4 Å². The number of nitrogens with zero attached hydrogens (tertiary/aromatic N) is 2. The predicted octanol–water partition coefficient (Wildman–Crippen LogP) is 3.56. The summed E-state index contributed by atoms with van der Waals surface area (Å²) in [6, 6.07) is 3.30. The lowest BCUT2D eigenvalue weighted by molar-refractivity contribution is -0.274. The van der Waals surface area contributed by atoms with Gasteiger partial charge in [-0.05, 0) is 18.2 Å². The molecule has 0 fully saturated rings. The van der Waals surface area contributed by atoms with E-state index in [1.807, 2.05) is 0 Å². The Balaban J connectivity index is 2.00. The van der Waals surface area contributed by atoms with Gasteiger partial charge in [0.2, 0.25) is 0 Å². The molecule has 0 amide bonds. The Morgan fingerprint density at radius 3 is 2.69 bits per heavy atom. The molecule has 0 saturated heterocycles. The van der Waals surface area contributed by atoms with E-state index in [9.17, 15) is 26.4 Å². The molecule has 2 aromatic rings. The predicted molar refractivity (Wildman–Crippen MR) is 106 cm³/mol. The molecule has 156 valence electrons. The summed E-state index contributed by atoms with van der Waals surface area (Å²) in [4.78, 5) is 16.9. The molecule has 2 unspecified atom stereocenters. The summed E-state index contributed by atoms with van der Waals surface area (Å²) in [6.07, 6.45) is 1.25. The number of aromatic nitrogens is 2. The zero-order chi connectivity index (χ0) is 21.4. The lowest BCUT2D eigenvalue weighted by Crippen LogP contribution is -2.35. The molecule has 1 aliphatic carbocycles. The first-order valence-electron chi connectivity index (χ1n) is 8.52. The molecule has 1 aromatic carbocycles. The maximum atomic E-state index is 12.8. The van der Waals surface area contributed by atoms with Gasteiger partial charge in [-0.2, -0.15) is 0 Å². The lowest BCUT2D eigenvalue weighted by Gasteiger charge is -2.25. The van der Waals surface area contributed by atoms with Crippen molar-refractivity contribution in [2.24, 2.45) is 5.92 Å². The van der Waals surface area contributed by atoms with E-state index in [1.165, 1.54) is 17.0 Å². The van der Waals surface area contributed by atoms with E-state index in [1.54, 1.807) is 25.2 Å². The fourth-order valence-electron chi connectivity index (χ4n) is 3.11. The molecule has 0 bridgehead atoms. The maximum absolute atomic E-state index is 12.8. The van der Waals surface area contributed by atoms with Crippen LogP contribution < -0.4 is 10.3 Å². The largest absolute Gasteiger partial charge is 0.573 e. The van der Waals surface area contributed by atoms with Crippen molar-refractivity contribution in [3.8, 4) is 5.75 Å². The molecule has 3 rings (SSSR count). The van der Waals surface area contributed by atoms with Crippen LogP contribution >= 0.6 is 15.9 Å². The summed E-state index contributed by atoms with van der Waals surface area (Å²) >= 11 is 3.31. The monoisotopic (exact) mass is 492 g/mol. The van der Waals surface area contributed by atoms with Gasteiger partial charge in [-0.15, -0.1) is 13.2 Å². The van der Waals surface area contributed by atoms with Gasteiger partial charge in [0.05, 0.1) is 22.5 Å². The zero-order valence-corrected chi connectivity index (χ0v) is 17.5. The molecule has 1 aliphatic rings. The Hall–Kier alpha value is -2.14. The minimum atomic E-state index is -4.89. The number of benzene rings is 1. The van der Waals surface area contributed by atoms with Crippen LogP contribution in [0.15, 0.2) is 52.0 Å². The summed E-state index contributed by atoms with van der Waals surface area (Å²) < 4.78 is 67.9. The van der Waals surface area contributed by atoms with Crippen LogP contribution in [0.1, 0.15) is 6.92 Å². The first-order valence-corrected chi connectivity index (χ1v) is 11.0. The van der Waals surface area contributed by atoms with Crippen LogP contribution in [0.4, 0.5) is 13.2 Å². The average Bonchev–Trinajstić information content (AvgIpc) is 2.63. The van der Waals surface area contributed by atoms with Gasteiger partial charge < -0.3 is 4.74 Å². The smallest absolute Gasteiger partial charge is 0.406 e. The number of halogens is 4. The number of sulfone groups is 1. The Morgan fingerprint density at radius 2 is 2.03 bits per heavy atom. The molecule has 0 N–H and O–H groups in total. The molecular weight excluding hydrogens is 477 g/mol. The summed E-state index contributed by atoms with van der Waals surface area (Å²) in [5.74, 6) is -1.14. The van der Waals surface area contributed by atoms with Gasteiger partial charge in [-0.3, -0.25) is 9.36 Å². The minimum Gasteiger partial charge on any atom is -0.406 e. The van der Waals surface area contributed by atoms with E-state index in [0.717, 1.165) is 12.1 Å². The summed E-state index contributed by atoms with van der Waals surface area (Å²) in [6.45, 7) is 1.54. The van der Waals surface area contributed by atoms with Crippen LogP contribution in [0, 0.1) is 5.92 Å². The topological polar surface area (TPSA) is 78.3 Å². The van der Waals surface area contributed by atoms with E-state index < -0.39 is 38.7 Å². The maximum Gasteiger partial charge on any atom is 0.573 e. The fourth-order valence-corrected chi connectivity index (χ4v) is 5.00. The number of rotatable bonds is 5. The third-order valence-electron chi connectivity index (χ3n) is 4.49. The Bertz CT molecular complexity index is 1160. The van der Waals surface area contributed by atoms with Crippen molar-refractivity contribution in [2.75, 3.05) is 5.75 Å². The van der Waals surface area contributed by atoms with Gasteiger partial charge in [0.15, 0.2) is 9.84 Å². The third kappa shape index (κ3) is 4.89. The molecule has 0 spiro atoms. The quantitative estimate of drug-likeness (QED) is 0.637. The second-order valence-corrected chi connectivity index (χ2v) is 9.78. The second kappa shape index (κ2) is 7.94. The Morgan fingerprint density at radius 1 is 1.31 bits per heavy atom. The molecule has 11 heteroatoms. The highest BCUT2D eigenvalue weighted by molar-refractivity contribution is 9.11. The Kier molecular flexibility index (Phi) is 5.91. The van der Waals surface area contributed by atoms with Crippen LogP contribution in [-0.2, 0) is 16.4 Å². The van der Waals surface area contributed by atoms with E-state index in [2.05, 4.69) is 25.7 Å². The number of alkyl halides is 3. The van der Waals surface area contributed by atoms with Crippen molar-refractivity contribution >= 4 is 36.7 Å². The molecule has 2 atom stereocenters. The van der Waals surface area contributed by atoms with E-state index >= 15 is 0 Å². The van der Waals surface area contributed by atoms with Crippen LogP contribution in [0.5, 0.6) is 5.75 Å². The second-order valence-electron chi connectivity index (χ2n) is 6.42. The normalized spacial score (nSPS) is 20.0. The van der Waals surface area contributed by atoms with Gasteiger partial charge in [0.25, 0.3) is 5.56 Å². The van der Waals surface area contributed by atoms with Crippen LogP contribution in [0.2, 0.25) is 0 Å². The molecule has 0 radical (unpaired) electrons. The van der Waals surface area contributed by atoms with Gasteiger partial charge in [-0.1, -0.05) is 41.1 Å². The number of hydrogen-bond donors (Lipinski definition) is 0. The van der Waals surface area contributed by atoms with Crippen molar-refractivity contribution in [3.63, 3.8) is 0 Å². The van der Waals surface area contributed by atoms with Gasteiger partial charge in [0.1, 0.15) is 5.75 Å². The minimum absolute atomic E-state index is 0.00450. The molecule has 29 heavy (non-hydrogen) atoms. The van der Waals surface area contributed by atoms with Crippen molar-refractivity contribution in [1.82, 2.24) is 9.55 Å². The molecule has 0 aliphatic heterocycles. The number of fused-ring (bicyclic) bond motifs is 1. The van der Waals surface area contributed by atoms with Gasteiger partial charge >= 0.3 is 6.36 Å². The molecular formula is C18H16BrF3N2O4S. The first kappa shape index (κ1) is 21.6. The molecule has 1 heterocycles. The van der Waals surface area contributed by atoms with Crippen molar-refractivity contribution in [3.05, 3.63) is 57.6 Å². The third-order valence-corrected chi connectivity index (χ3v) is 7.16. The SMILES string of the molecule is CCS(=O)(=O)C1C=CC(Br)=CC1Cn1cnc2ccc(OC(F)(F)F)cc2c1=O. The van der Waals surface area contributed by atoms with Crippen LogP contribution in [0.3, 0.4) is 0 Å². The molecule has 1 aromatic heterocycles. The number of allylic oxidation sites excluding steroid dienone is 3. The molecule has 0 saturated carbocycles. The van der Waals surface area contributed by atoms with Crippen molar-refractivity contribution < 1.29 is 26.3 Å². The first-order chi connectivity index (χ1) is 13.5. The summed E-state index contributed by atoms with van der Waals surface area (Å²) in [7, 11) is -3.43. The van der Waals surface area contributed by atoms with E-state index in [-0.39, 0.29) is 23.2 Å². The van der Waals surface area contributed by atoms with Crippen LogP contribution in [-0.4, -0.2) is 35.3 Å². The van der Waals surface area contributed by atoms with Crippen molar-refractivity contribution in [1.29, 1.82) is 0 Å². The lowest BCUT2D eigenvalue weighted by atomic mass is 10.00. The highest BCUT2D eigenvalue weighted by atomic mass is 79.9. The average molecular weight is 493 g/mol. The number of hydrogen-bond acceptors (Lipinski definition) is 5. The summed E-state index contributed by atoms with van der Waals surface area (Å²) in [5.41, 5.74) is -0.381. The number of ether oxygens (including phenoxy) is 1. The fraction of sp³-hybridized carbons (Fsp3) is 0.333. The highest BCUT2D eigenvalue weighted by Crippen LogP contribution is 2.28. The van der Waals surface area contributed by atoms with E-state index in [4.69, 9.17) is 0 Å². The van der Waals surface area contributed by atoms with Gasteiger partial charge in [0, 0.05) is 22.7 Å². The Labute approximate surface area is 172 Å². The highest BCUT2D eigenvalue weighted by Gasteiger charge is 2.32. The van der Waals surface area contributed by atoms with Crippen molar-refractivity contribution in [2.45, 2.75) is 25.1 Å². The van der Waals surface area contributed by atoms with Crippen LogP contribution in [0.25, 0.3) is 10.9 Å². The summed E-state index contributed by atoms with van der Waals surface area (Å²) in [5, 5.41) is -0.880. The zero-order valence-electron chi connectivity index (χ0n) is 15.1. The standard InChI is InChI=1S/C18H16BrF3N2O4S/c1-2-29(26,27)16-6-3-12(19)7-11(16)9-24-10-23-15-5-4-13(28-18(20,21)22)8-14(15)17(24)25/h3-8,10-11,16H,2,9H2,1H3. The molecule has 6 nitrogen and oxygen atoms in total.